The molecule has 8 heteroatoms. The first-order chi connectivity index (χ1) is 13.0. The number of benzene rings is 2. The van der Waals surface area contributed by atoms with Crippen molar-refractivity contribution in [3.63, 3.8) is 0 Å². The molecule has 6 nitrogen and oxygen atoms in total. The Labute approximate surface area is 167 Å². The van der Waals surface area contributed by atoms with Gasteiger partial charge in [-0.2, -0.15) is 0 Å². The summed E-state index contributed by atoms with van der Waals surface area (Å²) in [4.78, 5) is 14.0. The maximum absolute atomic E-state index is 11.6. The molecule has 2 aromatic carbocycles. The second-order valence-electron chi connectivity index (χ2n) is 6.11. The highest BCUT2D eigenvalue weighted by Crippen LogP contribution is 2.21. The van der Waals surface area contributed by atoms with Crippen LogP contribution in [0.1, 0.15) is 15.9 Å². The molecule has 140 valence electrons. The number of hydrogen-bond donors (Lipinski definition) is 1. The van der Waals surface area contributed by atoms with E-state index in [1.54, 1.807) is 36.0 Å². The third-order valence-electron chi connectivity index (χ3n) is 3.95. The molecule has 1 amide bonds. The molecule has 0 aliphatic heterocycles. The Morgan fingerprint density at radius 3 is 2.70 bits per heavy atom. The molecular formula is C19H19ClN4O2S. The largest absolute Gasteiger partial charge is 0.409 e. The lowest BCUT2D eigenvalue weighted by molar-refractivity contribution is 0.0963. The Hall–Kier alpha value is -2.48. The Balaban J connectivity index is 1.68. The van der Waals surface area contributed by atoms with E-state index in [1.807, 2.05) is 31.3 Å². The van der Waals surface area contributed by atoms with Crippen LogP contribution in [0.4, 0.5) is 0 Å². The summed E-state index contributed by atoms with van der Waals surface area (Å²) in [6.45, 7) is 1.15. The molecule has 0 radical (unpaired) electrons. The zero-order chi connectivity index (χ0) is 19.4. The van der Waals surface area contributed by atoms with Crippen molar-refractivity contribution < 1.29 is 9.21 Å². The van der Waals surface area contributed by atoms with Gasteiger partial charge in [-0.15, -0.1) is 5.10 Å². The van der Waals surface area contributed by atoms with Gasteiger partial charge < -0.3 is 9.73 Å². The highest BCUT2D eigenvalue weighted by atomic mass is 35.5. The molecular weight excluding hydrogens is 384 g/mol. The summed E-state index contributed by atoms with van der Waals surface area (Å²) in [7, 11) is 3.57. The van der Waals surface area contributed by atoms with Gasteiger partial charge in [0.2, 0.25) is 5.89 Å². The van der Waals surface area contributed by atoms with E-state index in [0.717, 1.165) is 11.1 Å². The lowest BCUT2D eigenvalue weighted by atomic mass is 10.1. The van der Waals surface area contributed by atoms with Crippen LogP contribution >= 0.6 is 23.8 Å². The van der Waals surface area contributed by atoms with Gasteiger partial charge >= 0.3 is 0 Å². The quantitative estimate of drug-likeness (QED) is 0.632. The number of carbonyl (C=O) groups excluding carboxylic acids is 1. The molecule has 27 heavy (non-hydrogen) atoms. The Morgan fingerprint density at radius 1 is 1.30 bits per heavy atom. The minimum Gasteiger partial charge on any atom is -0.409 e. The fraction of sp³-hybridized carbons (Fsp3) is 0.211. The number of nitrogens with one attached hydrogen (secondary N) is 1. The van der Waals surface area contributed by atoms with Gasteiger partial charge in [-0.1, -0.05) is 29.8 Å². The second kappa shape index (κ2) is 8.47. The van der Waals surface area contributed by atoms with E-state index in [1.165, 1.54) is 0 Å². The number of nitrogens with zero attached hydrogens (tertiary/aromatic N) is 3. The molecule has 0 saturated carbocycles. The van der Waals surface area contributed by atoms with Crippen LogP contribution in [0, 0.1) is 4.84 Å². The molecule has 0 unspecified atom stereocenters. The molecule has 0 saturated heterocycles. The SMILES string of the molecule is CNC(=O)c1ccc(CN(C)Cn2nc(-c3cccc(Cl)c3)oc2=S)cc1. The van der Waals surface area contributed by atoms with Crippen LogP contribution in [-0.4, -0.2) is 34.7 Å². The average Bonchev–Trinajstić information content (AvgIpc) is 3.02. The summed E-state index contributed by atoms with van der Waals surface area (Å²) >= 11 is 11.3. The van der Waals surface area contributed by atoms with Gasteiger partial charge in [0.1, 0.15) is 0 Å². The van der Waals surface area contributed by atoms with Crippen molar-refractivity contribution in [2.24, 2.45) is 0 Å². The summed E-state index contributed by atoms with van der Waals surface area (Å²) in [6.07, 6.45) is 0. The maximum atomic E-state index is 11.6. The minimum atomic E-state index is -0.0997. The fourth-order valence-electron chi connectivity index (χ4n) is 2.63. The van der Waals surface area contributed by atoms with Crippen LogP contribution in [0.25, 0.3) is 11.5 Å². The smallest absolute Gasteiger partial charge is 0.288 e. The predicted molar refractivity (Wildman–Crippen MR) is 107 cm³/mol. The van der Waals surface area contributed by atoms with Crippen LogP contribution in [0.5, 0.6) is 0 Å². The molecule has 0 bridgehead atoms. The molecule has 0 spiro atoms. The molecule has 1 aromatic heterocycles. The number of aromatic nitrogens is 2. The zero-order valence-corrected chi connectivity index (χ0v) is 16.5. The molecule has 0 aliphatic carbocycles. The van der Waals surface area contributed by atoms with Crippen molar-refractivity contribution >= 4 is 29.7 Å². The molecule has 3 aromatic rings. The molecule has 1 heterocycles. The van der Waals surface area contributed by atoms with Crippen LogP contribution < -0.4 is 5.32 Å². The third-order valence-corrected chi connectivity index (χ3v) is 4.48. The van der Waals surface area contributed by atoms with Crippen LogP contribution in [0.3, 0.4) is 0 Å². The van der Waals surface area contributed by atoms with Crippen molar-refractivity contribution in [1.29, 1.82) is 0 Å². The molecule has 3 rings (SSSR count). The number of carbonyl (C=O) groups is 1. The van der Waals surface area contributed by atoms with Crippen LogP contribution in [0.15, 0.2) is 52.9 Å². The van der Waals surface area contributed by atoms with Crippen LogP contribution in [-0.2, 0) is 13.2 Å². The second-order valence-corrected chi connectivity index (χ2v) is 6.90. The average molecular weight is 403 g/mol. The maximum Gasteiger partial charge on any atom is 0.288 e. The Bertz CT molecular complexity index is 997. The van der Waals surface area contributed by atoms with Gasteiger partial charge in [-0.05, 0) is 55.2 Å². The van der Waals surface area contributed by atoms with Gasteiger partial charge in [-0.25, -0.2) is 4.68 Å². The highest BCUT2D eigenvalue weighted by molar-refractivity contribution is 7.71. The summed E-state index contributed by atoms with van der Waals surface area (Å²) in [6, 6.07) is 14.8. The molecule has 0 fully saturated rings. The summed E-state index contributed by atoms with van der Waals surface area (Å²) in [5.41, 5.74) is 2.49. The summed E-state index contributed by atoms with van der Waals surface area (Å²) in [5, 5.41) is 7.66. The van der Waals surface area contributed by atoms with E-state index in [-0.39, 0.29) is 5.91 Å². The van der Waals surface area contributed by atoms with E-state index < -0.39 is 0 Å². The van der Waals surface area contributed by atoms with E-state index in [4.69, 9.17) is 28.2 Å². The normalized spacial score (nSPS) is 11.0. The Kier molecular flexibility index (Phi) is 6.05. The number of hydrogen-bond acceptors (Lipinski definition) is 5. The van der Waals surface area contributed by atoms with Crippen molar-refractivity contribution in [1.82, 2.24) is 20.0 Å². The lowest BCUT2D eigenvalue weighted by Crippen LogP contribution is -2.22. The first-order valence-corrected chi connectivity index (χ1v) is 9.08. The monoisotopic (exact) mass is 402 g/mol. The first kappa shape index (κ1) is 19.3. The van der Waals surface area contributed by atoms with Gasteiger partial charge in [0.25, 0.3) is 10.7 Å². The first-order valence-electron chi connectivity index (χ1n) is 8.29. The van der Waals surface area contributed by atoms with Gasteiger partial charge in [0, 0.05) is 29.7 Å². The summed E-state index contributed by atoms with van der Waals surface area (Å²) in [5.74, 6) is 0.336. The zero-order valence-electron chi connectivity index (χ0n) is 15.0. The number of rotatable bonds is 6. The van der Waals surface area contributed by atoms with Crippen molar-refractivity contribution in [2.75, 3.05) is 14.1 Å². The van der Waals surface area contributed by atoms with Crippen molar-refractivity contribution in [2.45, 2.75) is 13.2 Å². The fourth-order valence-corrected chi connectivity index (χ4v) is 3.00. The highest BCUT2D eigenvalue weighted by Gasteiger charge is 2.11. The molecule has 1 N–H and O–H groups in total. The van der Waals surface area contributed by atoms with E-state index in [9.17, 15) is 4.79 Å². The predicted octanol–water partition coefficient (Wildman–Crippen LogP) is 3.98. The standard InChI is InChI=1S/C19H19ClN4O2S/c1-21-17(25)14-8-6-13(7-9-14)11-23(2)12-24-19(27)26-18(22-24)15-4-3-5-16(20)10-15/h3-10H,11-12H2,1-2H3,(H,21,25). The minimum absolute atomic E-state index is 0.0997. The van der Waals surface area contributed by atoms with Gasteiger partial charge in [0.05, 0.1) is 6.67 Å². The van der Waals surface area contributed by atoms with E-state index >= 15 is 0 Å². The topological polar surface area (TPSA) is 63.3 Å². The van der Waals surface area contributed by atoms with Gasteiger partial charge in [0.15, 0.2) is 0 Å². The molecule has 0 atom stereocenters. The van der Waals surface area contributed by atoms with Crippen molar-refractivity contribution in [3.8, 4) is 11.5 Å². The Morgan fingerprint density at radius 2 is 2.04 bits per heavy atom. The lowest BCUT2D eigenvalue weighted by Gasteiger charge is -2.16. The molecule has 0 aliphatic rings. The third kappa shape index (κ3) is 4.82. The van der Waals surface area contributed by atoms with Crippen molar-refractivity contribution in [3.05, 3.63) is 69.5 Å². The van der Waals surface area contributed by atoms with E-state index in [2.05, 4.69) is 15.3 Å². The summed E-state index contributed by atoms with van der Waals surface area (Å²) < 4.78 is 7.23. The number of halogens is 1. The number of amides is 1. The van der Waals surface area contributed by atoms with E-state index in [0.29, 0.717) is 34.5 Å². The van der Waals surface area contributed by atoms with Crippen LogP contribution in [0.2, 0.25) is 5.02 Å². The van der Waals surface area contributed by atoms with Gasteiger partial charge in [-0.3, -0.25) is 9.69 Å².